The molecule has 2 unspecified atom stereocenters. The summed E-state index contributed by atoms with van der Waals surface area (Å²) in [6.45, 7) is 3.05. The number of nitrogen functional groups attached to an aromatic ring is 1. The van der Waals surface area contributed by atoms with Crippen molar-refractivity contribution in [3.63, 3.8) is 0 Å². The number of anilines is 1. The number of rotatable bonds is 8. The lowest BCUT2D eigenvalue weighted by Crippen LogP contribution is -2.69. The minimum absolute atomic E-state index is 0.108. The molecule has 0 radical (unpaired) electrons. The van der Waals surface area contributed by atoms with E-state index in [1.54, 1.807) is 12.3 Å². The summed E-state index contributed by atoms with van der Waals surface area (Å²) >= 11 is 2.42. The van der Waals surface area contributed by atoms with E-state index >= 15 is 0 Å². The fourth-order valence-electron chi connectivity index (χ4n) is 2.85. The van der Waals surface area contributed by atoms with Crippen LogP contribution in [0.5, 0.6) is 0 Å². The number of nitrogens with two attached hydrogens (primary N) is 1. The number of hydrogen-bond acceptors (Lipinski definition) is 12. The Hall–Kier alpha value is -3.13. The molecule has 1 aromatic heterocycles. The van der Waals surface area contributed by atoms with Crippen LogP contribution in [0.3, 0.4) is 0 Å². The molecule has 2 amide bonds. The van der Waals surface area contributed by atoms with E-state index in [0.29, 0.717) is 0 Å². The van der Waals surface area contributed by atoms with E-state index in [1.165, 1.54) is 36.9 Å². The average molecular weight is 484 g/mol. The van der Waals surface area contributed by atoms with Crippen molar-refractivity contribution in [3.05, 3.63) is 22.8 Å². The molecular formula is C18H21N5O7S2. The number of fused-ring (bicyclic) bond motifs is 1. The van der Waals surface area contributed by atoms with Crippen LogP contribution in [0.4, 0.5) is 5.13 Å². The van der Waals surface area contributed by atoms with Crippen molar-refractivity contribution in [2.24, 2.45) is 5.16 Å². The topological polar surface area (TPSA) is 163 Å². The van der Waals surface area contributed by atoms with Crippen molar-refractivity contribution in [3.8, 4) is 0 Å². The summed E-state index contributed by atoms with van der Waals surface area (Å²) in [4.78, 5) is 58.9. The predicted octanol–water partition coefficient (Wildman–Crippen LogP) is 0.202. The molecule has 0 aromatic carbocycles. The average Bonchev–Trinajstić information content (AvgIpc) is 3.20. The number of thioether (sulfide) groups is 1. The van der Waals surface area contributed by atoms with Gasteiger partial charge in [0.2, 0.25) is 6.29 Å². The van der Waals surface area contributed by atoms with Crippen molar-refractivity contribution in [2.75, 3.05) is 18.6 Å². The third kappa shape index (κ3) is 5.02. The van der Waals surface area contributed by atoms with E-state index in [1.807, 2.05) is 0 Å². The molecular weight excluding hydrogens is 462 g/mol. The number of hydrogen-bond donors (Lipinski definition) is 2. The molecule has 3 atom stereocenters. The largest absolute Gasteiger partial charge is 0.425 e. The van der Waals surface area contributed by atoms with Gasteiger partial charge in [-0.1, -0.05) is 12.1 Å². The second-order valence-corrected chi connectivity index (χ2v) is 8.56. The van der Waals surface area contributed by atoms with Crippen molar-refractivity contribution in [1.29, 1.82) is 0 Å². The highest BCUT2D eigenvalue weighted by atomic mass is 32.2. The zero-order valence-corrected chi connectivity index (χ0v) is 19.0. The van der Waals surface area contributed by atoms with Gasteiger partial charge in [0.1, 0.15) is 24.2 Å². The van der Waals surface area contributed by atoms with Crippen LogP contribution in [-0.2, 0) is 33.5 Å². The van der Waals surface area contributed by atoms with Gasteiger partial charge in [0, 0.05) is 30.7 Å². The fourth-order valence-corrected chi connectivity index (χ4v) is 4.64. The van der Waals surface area contributed by atoms with Crippen LogP contribution < -0.4 is 11.1 Å². The Labute approximate surface area is 191 Å². The lowest BCUT2D eigenvalue weighted by molar-refractivity contribution is -0.181. The number of amides is 2. The van der Waals surface area contributed by atoms with Crippen molar-refractivity contribution < 1.29 is 33.5 Å². The zero-order valence-electron chi connectivity index (χ0n) is 17.4. The third-order valence-electron chi connectivity index (χ3n) is 4.35. The van der Waals surface area contributed by atoms with E-state index in [2.05, 4.69) is 15.5 Å². The molecule has 1 fully saturated rings. The molecule has 0 saturated carbocycles. The molecule has 1 saturated heterocycles. The predicted molar refractivity (Wildman–Crippen MR) is 115 cm³/mol. The number of esters is 2. The van der Waals surface area contributed by atoms with Gasteiger partial charge < -0.3 is 30.3 Å². The number of thiazole rings is 1. The van der Waals surface area contributed by atoms with E-state index in [-0.39, 0.29) is 34.3 Å². The number of carbonyl (C=O) groups is 4. The van der Waals surface area contributed by atoms with Crippen molar-refractivity contribution in [1.82, 2.24) is 15.2 Å². The van der Waals surface area contributed by atoms with Gasteiger partial charge in [-0.05, 0) is 0 Å². The number of ether oxygens (including phenoxy) is 2. The Bertz CT molecular complexity index is 992. The minimum atomic E-state index is -1.05. The quantitative estimate of drug-likeness (QED) is 0.172. The number of β-lactam (4-membered cyclic amide) rings is 1. The van der Waals surface area contributed by atoms with Crippen LogP contribution in [0, 0.1) is 0 Å². The van der Waals surface area contributed by atoms with E-state index in [0.717, 1.165) is 11.3 Å². The molecule has 172 valence electrons. The van der Waals surface area contributed by atoms with Gasteiger partial charge in [0.05, 0.1) is 5.57 Å². The molecule has 3 heterocycles. The lowest BCUT2D eigenvalue weighted by Gasteiger charge is -2.47. The first-order valence-electron chi connectivity index (χ1n) is 9.43. The maximum absolute atomic E-state index is 12.7. The molecule has 32 heavy (non-hydrogen) atoms. The summed E-state index contributed by atoms with van der Waals surface area (Å²) < 4.78 is 10.00. The molecule has 12 nitrogen and oxygen atoms in total. The highest BCUT2D eigenvalue weighted by molar-refractivity contribution is 8.00. The van der Waals surface area contributed by atoms with E-state index in [4.69, 9.17) is 20.0 Å². The van der Waals surface area contributed by atoms with Crippen molar-refractivity contribution >= 4 is 57.7 Å². The Morgan fingerprint density at radius 1 is 1.41 bits per heavy atom. The zero-order chi connectivity index (χ0) is 23.4. The molecule has 1 aromatic rings. The molecule has 3 N–H and O–H groups in total. The maximum atomic E-state index is 12.7. The van der Waals surface area contributed by atoms with Gasteiger partial charge >= 0.3 is 11.9 Å². The van der Waals surface area contributed by atoms with Gasteiger partial charge in [-0.2, -0.15) is 0 Å². The minimum Gasteiger partial charge on any atom is -0.425 e. The monoisotopic (exact) mass is 483 g/mol. The number of aromatic nitrogens is 1. The molecule has 3 rings (SSSR count). The van der Waals surface area contributed by atoms with Crippen LogP contribution in [-0.4, -0.2) is 69.9 Å². The highest BCUT2D eigenvalue weighted by Gasteiger charge is 2.50. The van der Waals surface area contributed by atoms with Crippen LogP contribution in [0.2, 0.25) is 0 Å². The second kappa shape index (κ2) is 9.99. The van der Waals surface area contributed by atoms with Crippen LogP contribution in [0.25, 0.3) is 0 Å². The molecule has 2 aliphatic rings. The Morgan fingerprint density at radius 2 is 2.16 bits per heavy atom. The van der Waals surface area contributed by atoms with Gasteiger partial charge in [0.25, 0.3) is 11.8 Å². The van der Waals surface area contributed by atoms with E-state index in [9.17, 15) is 19.2 Å². The van der Waals surface area contributed by atoms with Gasteiger partial charge in [-0.15, -0.1) is 23.1 Å². The molecule has 0 bridgehead atoms. The van der Waals surface area contributed by atoms with Crippen LogP contribution in [0.15, 0.2) is 22.3 Å². The SMILES string of the molecule is CCC(=O)OC(C)OC(=O)C1=CN2C(=O)C(NC(=O)C(=NOC)c3csc(N)n3)[C@H]2SC1. The number of nitrogens with zero attached hydrogens (tertiary/aromatic N) is 3. The molecule has 2 aliphatic heterocycles. The summed E-state index contributed by atoms with van der Waals surface area (Å²) in [7, 11) is 1.28. The summed E-state index contributed by atoms with van der Waals surface area (Å²) in [6.07, 6.45) is 0.495. The first-order valence-corrected chi connectivity index (χ1v) is 11.4. The fraction of sp³-hybridized carbons (Fsp3) is 0.444. The summed E-state index contributed by atoms with van der Waals surface area (Å²) in [5, 5.41) is 7.72. The third-order valence-corrected chi connectivity index (χ3v) is 6.35. The number of oxime groups is 1. The standard InChI is InChI=1S/C18H21N5O7S2/c1-4-11(24)29-8(2)30-17(27)9-5-23-15(26)13(16(23)31-6-9)21-14(25)12(22-28-3)10-7-32-18(19)20-10/h5,7-8,13,16H,4,6H2,1-3H3,(H2,19,20)(H,21,25)/t8?,13?,16-/m1/s1. The number of carbonyl (C=O) groups excluding carboxylic acids is 4. The lowest BCUT2D eigenvalue weighted by atomic mass is 10.1. The normalized spacial score (nSPS) is 21.0. The highest BCUT2D eigenvalue weighted by Crippen LogP contribution is 2.36. The molecule has 0 spiro atoms. The summed E-state index contributed by atoms with van der Waals surface area (Å²) in [6, 6.07) is -0.816. The first kappa shape index (κ1) is 23.5. The molecule has 14 heteroatoms. The van der Waals surface area contributed by atoms with Gasteiger partial charge in [-0.3, -0.25) is 14.4 Å². The Kier molecular flexibility index (Phi) is 7.35. The second-order valence-electron chi connectivity index (χ2n) is 6.56. The summed E-state index contributed by atoms with van der Waals surface area (Å²) in [5.41, 5.74) is 5.97. The first-order chi connectivity index (χ1) is 15.2. The summed E-state index contributed by atoms with van der Waals surface area (Å²) in [5.74, 6) is -1.98. The number of nitrogens with one attached hydrogen (secondary N) is 1. The molecule has 0 aliphatic carbocycles. The van der Waals surface area contributed by atoms with E-state index < -0.39 is 41.5 Å². The Morgan fingerprint density at radius 3 is 2.78 bits per heavy atom. The van der Waals surface area contributed by atoms with Crippen LogP contribution in [0.1, 0.15) is 26.0 Å². The Balaban J connectivity index is 1.61. The van der Waals surface area contributed by atoms with Gasteiger partial charge in [-0.25, -0.2) is 9.78 Å². The van der Waals surface area contributed by atoms with Gasteiger partial charge in [0.15, 0.2) is 10.8 Å². The van der Waals surface area contributed by atoms with Crippen molar-refractivity contribution in [2.45, 2.75) is 38.0 Å². The smallest absolute Gasteiger partial charge is 0.339 e. The maximum Gasteiger partial charge on any atom is 0.339 e. The van der Waals surface area contributed by atoms with Crippen LogP contribution >= 0.6 is 23.1 Å².